The maximum atomic E-state index is 6.86. The molecular weight excluding hydrogens is 809 g/mol. The number of aromatic nitrogens is 5. The van der Waals surface area contributed by atoms with Crippen LogP contribution in [-0.2, 0) is 0 Å². The van der Waals surface area contributed by atoms with E-state index in [1.54, 1.807) is 0 Å². The minimum Gasteiger partial charge on any atom is -0.307 e. The Bertz CT molecular complexity index is 3880. The van der Waals surface area contributed by atoms with E-state index in [9.17, 15) is 0 Å². The molecular formula is C57H32B5N5. The first kappa shape index (κ1) is 40.4. The molecule has 10 heteroatoms. The van der Waals surface area contributed by atoms with Gasteiger partial charge in [-0.15, -0.1) is 16.4 Å². The van der Waals surface area contributed by atoms with E-state index in [1.165, 1.54) is 0 Å². The summed E-state index contributed by atoms with van der Waals surface area (Å²) < 4.78 is 4.54. The number of benzene rings is 9. The lowest BCUT2D eigenvalue weighted by atomic mass is 9.59. The standard InChI is InChI=1S/C57H32B5N5/c58-48-47(49(59)51(61)52(62)50(48)60)42-23-14-26-45(46(42)35-17-6-2-7-18-35)66-43-24-12-10-21-38(43)40-31-32-41-39-22-11-13-25-44(39)67(54(41)53(40)66)57-64-55(36-19-8-3-9-20-36)63-56(65-57)37-29-27-34(28-30-37)33-15-4-1-5-16-33/h1-32H. The SMILES string of the molecule is [B]c1c([B])c([B])c(-c2cccc(-n3c4ccccc4c4ccc5c6ccccc6n(-c6nc(-c7ccccc7)nc(-c7ccc(-c8ccccc8)cc7)n6)c5c43)c2-c2ccccc2)c([B])c1[B]. The van der Waals surface area contributed by atoms with Gasteiger partial charge in [0.2, 0.25) is 5.95 Å². The third-order valence-corrected chi connectivity index (χ3v) is 12.9. The van der Waals surface area contributed by atoms with Gasteiger partial charge in [-0.05, 0) is 46.0 Å². The van der Waals surface area contributed by atoms with Crippen LogP contribution < -0.4 is 27.3 Å². The monoisotopic (exact) mass is 841 g/mol. The average Bonchev–Trinajstić information content (AvgIpc) is 3.91. The van der Waals surface area contributed by atoms with Crippen molar-refractivity contribution in [3.63, 3.8) is 0 Å². The molecule has 9 aromatic carbocycles. The van der Waals surface area contributed by atoms with Gasteiger partial charge in [-0.25, -0.2) is 4.98 Å². The zero-order valence-electron chi connectivity index (χ0n) is 36.1. The quantitative estimate of drug-likeness (QED) is 0.152. The lowest BCUT2D eigenvalue weighted by Gasteiger charge is -2.25. The van der Waals surface area contributed by atoms with Crippen LogP contribution in [0.2, 0.25) is 0 Å². The normalized spacial score (nSPS) is 11.6. The molecule has 3 aromatic heterocycles. The molecule has 0 N–H and O–H groups in total. The Labute approximate surface area is 394 Å². The van der Waals surface area contributed by atoms with Crippen molar-refractivity contribution in [2.24, 2.45) is 0 Å². The third-order valence-electron chi connectivity index (χ3n) is 12.9. The molecule has 3 heterocycles. The second-order valence-corrected chi connectivity index (χ2v) is 16.7. The number of hydrogen-bond acceptors (Lipinski definition) is 3. The summed E-state index contributed by atoms with van der Waals surface area (Å²) in [6.45, 7) is 0. The molecule has 0 unspecified atom stereocenters. The van der Waals surface area contributed by atoms with Crippen molar-refractivity contribution in [3.05, 3.63) is 194 Å². The van der Waals surface area contributed by atoms with E-state index in [1.807, 2.05) is 78.9 Å². The van der Waals surface area contributed by atoms with Gasteiger partial charge in [0.25, 0.3) is 0 Å². The topological polar surface area (TPSA) is 48.5 Å². The minimum absolute atomic E-state index is 0.162. The van der Waals surface area contributed by atoms with E-state index in [-0.39, 0.29) is 27.3 Å². The van der Waals surface area contributed by atoms with Gasteiger partial charge >= 0.3 is 0 Å². The van der Waals surface area contributed by atoms with Crippen molar-refractivity contribution in [1.29, 1.82) is 0 Å². The van der Waals surface area contributed by atoms with Crippen LogP contribution in [0, 0.1) is 0 Å². The van der Waals surface area contributed by atoms with Crippen LogP contribution in [0.3, 0.4) is 0 Å². The molecule has 0 amide bonds. The van der Waals surface area contributed by atoms with Gasteiger partial charge in [0, 0.05) is 38.2 Å². The summed E-state index contributed by atoms with van der Waals surface area (Å²) in [6, 6.07) is 66.5. The lowest BCUT2D eigenvalue weighted by Crippen LogP contribution is -2.55. The summed E-state index contributed by atoms with van der Waals surface area (Å²) in [5.41, 5.74) is 12.8. The molecule has 67 heavy (non-hydrogen) atoms. The highest BCUT2D eigenvalue weighted by Crippen LogP contribution is 2.45. The fourth-order valence-corrected chi connectivity index (χ4v) is 9.69. The highest BCUT2D eigenvalue weighted by atomic mass is 15.2. The van der Waals surface area contributed by atoms with Gasteiger partial charge in [0.05, 0.1) is 27.8 Å². The largest absolute Gasteiger partial charge is 0.307 e. The van der Waals surface area contributed by atoms with Crippen molar-refractivity contribution >= 4 is 110 Å². The molecule has 12 aromatic rings. The van der Waals surface area contributed by atoms with Gasteiger partial charge in [0.1, 0.15) is 39.2 Å². The third kappa shape index (κ3) is 6.50. The number of para-hydroxylation sites is 2. The number of hydrogen-bond donors (Lipinski definition) is 0. The van der Waals surface area contributed by atoms with E-state index in [0.717, 1.165) is 88.2 Å². The maximum Gasteiger partial charge on any atom is 0.238 e. The van der Waals surface area contributed by atoms with E-state index < -0.39 is 0 Å². The average molecular weight is 841 g/mol. The summed E-state index contributed by atoms with van der Waals surface area (Å²) in [5, 5.41) is 4.20. The smallest absolute Gasteiger partial charge is 0.238 e. The van der Waals surface area contributed by atoms with Crippen molar-refractivity contribution in [2.45, 2.75) is 0 Å². The Morgan fingerprint density at radius 3 is 1.31 bits per heavy atom. The predicted octanol–water partition coefficient (Wildman–Crippen LogP) is 8.37. The molecule has 0 aliphatic carbocycles. The number of nitrogens with zero attached hydrogens (tertiary/aromatic N) is 5. The van der Waals surface area contributed by atoms with Crippen LogP contribution in [0.25, 0.3) is 111 Å². The van der Waals surface area contributed by atoms with Crippen molar-refractivity contribution in [2.75, 3.05) is 0 Å². The van der Waals surface area contributed by atoms with Gasteiger partial charge in [0.15, 0.2) is 11.6 Å². The Balaban J connectivity index is 1.20. The van der Waals surface area contributed by atoms with Crippen molar-refractivity contribution in [3.8, 4) is 67.8 Å². The van der Waals surface area contributed by atoms with E-state index in [0.29, 0.717) is 23.2 Å². The summed E-state index contributed by atoms with van der Waals surface area (Å²) in [7, 11) is 33.1. The number of rotatable bonds is 7. The highest BCUT2D eigenvalue weighted by molar-refractivity contribution is 6.68. The second-order valence-electron chi connectivity index (χ2n) is 16.7. The fraction of sp³-hybridized carbons (Fsp3) is 0. The molecule has 10 radical (unpaired) electrons. The maximum absolute atomic E-state index is 6.86. The van der Waals surface area contributed by atoms with Crippen LogP contribution in [0.15, 0.2) is 194 Å². The van der Waals surface area contributed by atoms with Crippen LogP contribution in [0.1, 0.15) is 0 Å². The fourth-order valence-electron chi connectivity index (χ4n) is 9.69. The first-order valence-electron chi connectivity index (χ1n) is 22.0. The summed E-state index contributed by atoms with van der Waals surface area (Å²) in [5.74, 6) is 1.60. The van der Waals surface area contributed by atoms with Gasteiger partial charge < -0.3 is 4.57 Å². The van der Waals surface area contributed by atoms with Crippen LogP contribution in [-0.4, -0.2) is 63.3 Å². The van der Waals surface area contributed by atoms with Gasteiger partial charge in [-0.3, -0.25) is 4.57 Å². The Kier molecular flexibility index (Phi) is 9.72. The summed E-state index contributed by atoms with van der Waals surface area (Å²) in [6.07, 6.45) is 0. The Hall–Kier alpha value is -8.09. The molecule has 12 rings (SSSR count). The van der Waals surface area contributed by atoms with Gasteiger partial charge in [-0.1, -0.05) is 187 Å². The molecule has 0 saturated heterocycles. The second kappa shape index (κ2) is 16.1. The van der Waals surface area contributed by atoms with Crippen molar-refractivity contribution < 1.29 is 0 Å². The Morgan fingerprint density at radius 1 is 0.299 bits per heavy atom. The molecule has 0 bridgehead atoms. The minimum atomic E-state index is 0.162. The molecule has 0 aliphatic heterocycles. The lowest BCUT2D eigenvalue weighted by molar-refractivity contribution is 0.953. The molecule has 0 atom stereocenters. The van der Waals surface area contributed by atoms with E-state index in [2.05, 4.69) is 124 Å². The molecule has 0 fully saturated rings. The van der Waals surface area contributed by atoms with Crippen LogP contribution in [0.4, 0.5) is 0 Å². The predicted molar refractivity (Wildman–Crippen MR) is 283 cm³/mol. The van der Waals surface area contributed by atoms with E-state index >= 15 is 0 Å². The zero-order chi connectivity index (χ0) is 45.3. The first-order chi connectivity index (χ1) is 32.9. The van der Waals surface area contributed by atoms with Gasteiger partial charge in [-0.2, -0.15) is 9.97 Å². The molecule has 0 spiro atoms. The summed E-state index contributed by atoms with van der Waals surface area (Å²) in [4.78, 5) is 15.8. The molecule has 300 valence electrons. The van der Waals surface area contributed by atoms with E-state index in [4.69, 9.17) is 54.2 Å². The molecule has 5 nitrogen and oxygen atoms in total. The van der Waals surface area contributed by atoms with Crippen LogP contribution >= 0.6 is 0 Å². The zero-order valence-corrected chi connectivity index (χ0v) is 36.1. The number of fused-ring (bicyclic) bond motifs is 7. The highest BCUT2D eigenvalue weighted by Gasteiger charge is 2.26. The molecule has 0 saturated carbocycles. The van der Waals surface area contributed by atoms with Crippen molar-refractivity contribution in [1.82, 2.24) is 24.1 Å². The Morgan fingerprint density at radius 2 is 0.731 bits per heavy atom. The van der Waals surface area contributed by atoms with Crippen LogP contribution in [0.5, 0.6) is 0 Å². The molecule has 0 aliphatic rings. The summed E-state index contributed by atoms with van der Waals surface area (Å²) >= 11 is 0. The first-order valence-corrected chi connectivity index (χ1v) is 22.0.